The van der Waals surface area contributed by atoms with Crippen LogP contribution in [0.4, 0.5) is 11.4 Å². The van der Waals surface area contributed by atoms with E-state index in [0.29, 0.717) is 28.3 Å². The van der Waals surface area contributed by atoms with E-state index in [2.05, 4.69) is 5.32 Å². The lowest BCUT2D eigenvalue weighted by molar-refractivity contribution is -0.384. The second-order valence-electron chi connectivity index (χ2n) is 7.31. The van der Waals surface area contributed by atoms with Crippen LogP contribution in [0.3, 0.4) is 0 Å². The zero-order valence-corrected chi connectivity index (χ0v) is 19.5. The first-order valence-electron chi connectivity index (χ1n) is 10.00. The molecule has 0 aromatic heterocycles. The van der Waals surface area contributed by atoms with Gasteiger partial charge in [0.05, 0.1) is 16.9 Å². The van der Waals surface area contributed by atoms with Crippen molar-refractivity contribution < 1.29 is 27.6 Å². The monoisotopic (exact) mass is 485 g/mol. The van der Waals surface area contributed by atoms with Crippen LogP contribution in [0.2, 0.25) is 0 Å². The molecule has 0 aliphatic rings. The van der Waals surface area contributed by atoms with Gasteiger partial charge in [-0.1, -0.05) is 12.1 Å². The molecule has 10 nitrogen and oxygen atoms in total. The van der Waals surface area contributed by atoms with Gasteiger partial charge in [0.25, 0.3) is 11.6 Å². The lowest BCUT2D eigenvalue weighted by Gasteiger charge is -2.13. The number of nitro benzene ring substituents is 1. The van der Waals surface area contributed by atoms with Crippen LogP contribution in [0, 0.1) is 10.1 Å². The molecule has 0 heterocycles. The minimum absolute atomic E-state index is 0.0989. The zero-order valence-electron chi connectivity index (χ0n) is 18.7. The van der Waals surface area contributed by atoms with Crippen molar-refractivity contribution in [3.05, 3.63) is 76.8 Å². The predicted molar refractivity (Wildman–Crippen MR) is 127 cm³/mol. The Morgan fingerprint density at radius 1 is 1.03 bits per heavy atom. The number of benzene rings is 3. The number of anilines is 1. The number of nitrogens with zero attached hydrogens (tertiary/aromatic N) is 2. The Kier molecular flexibility index (Phi) is 7.49. The van der Waals surface area contributed by atoms with E-state index < -0.39 is 20.9 Å². The van der Waals surface area contributed by atoms with Gasteiger partial charge in [-0.2, -0.15) is 0 Å². The number of sulfonamides is 1. The summed E-state index contributed by atoms with van der Waals surface area (Å²) in [5.74, 6) is 0.431. The number of hydrogen-bond donors (Lipinski definition) is 1. The highest BCUT2D eigenvalue weighted by molar-refractivity contribution is 7.89. The van der Waals surface area contributed by atoms with Gasteiger partial charge in [-0.15, -0.1) is 0 Å². The van der Waals surface area contributed by atoms with Crippen molar-refractivity contribution in [2.24, 2.45) is 0 Å². The summed E-state index contributed by atoms with van der Waals surface area (Å²) in [4.78, 5) is 23.2. The average Bonchev–Trinajstić information content (AvgIpc) is 2.83. The Morgan fingerprint density at radius 3 is 2.24 bits per heavy atom. The number of carbonyl (C=O) groups is 1. The molecule has 0 bridgehead atoms. The van der Waals surface area contributed by atoms with Crippen LogP contribution in [0.1, 0.15) is 0 Å². The molecule has 11 heteroatoms. The van der Waals surface area contributed by atoms with Crippen molar-refractivity contribution >= 4 is 27.3 Å². The van der Waals surface area contributed by atoms with E-state index in [0.717, 1.165) is 4.31 Å². The standard InChI is InChI=1S/C23H23N3O7S/c1-25(2)34(30,31)20-11-6-17(7-12-20)24-23(27)15-33-22-13-8-18(26(28)29)14-21(22)16-4-9-19(32-3)10-5-16/h4-14H,15H2,1-3H3,(H,24,27). The molecule has 1 amide bonds. The first-order valence-corrected chi connectivity index (χ1v) is 11.4. The number of rotatable bonds is 9. The number of amides is 1. The Balaban J connectivity index is 1.74. The van der Waals surface area contributed by atoms with Crippen molar-refractivity contribution in [2.45, 2.75) is 4.90 Å². The number of nitrogens with one attached hydrogen (secondary N) is 1. The van der Waals surface area contributed by atoms with Gasteiger partial charge in [0, 0.05) is 37.5 Å². The van der Waals surface area contributed by atoms with Gasteiger partial charge in [0.2, 0.25) is 10.0 Å². The van der Waals surface area contributed by atoms with Crippen molar-refractivity contribution in [3.8, 4) is 22.6 Å². The van der Waals surface area contributed by atoms with E-state index in [1.165, 1.54) is 63.7 Å². The van der Waals surface area contributed by atoms with Crippen LogP contribution in [0.5, 0.6) is 11.5 Å². The zero-order chi connectivity index (χ0) is 24.9. The summed E-state index contributed by atoms with van der Waals surface area (Å²) in [6.45, 7) is -0.362. The highest BCUT2D eigenvalue weighted by Gasteiger charge is 2.17. The molecule has 0 aliphatic heterocycles. The molecule has 0 fully saturated rings. The van der Waals surface area contributed by atoms with Crippen LogP contribution in [0.15, 0.2) is 71.6 Å². The Labute approximate surface area is 196 Å². The third-order valence-electron chi connectivity index (χ3n) is 4.85. The second kappa shape index (κ2) is 10.3. The molecule has 34 heavy (non-hydrogen) atoms. The Hall–Kier alpha value is -3.96. The maximum absolute atomic E-state index is 12.4. The van der Waals surface area contributed by atoms with Crippen molar-refractivity contribution in [1.82, 2.24) is 4.31 Å². The third kappa shape index (κ3) is 5.69. The van der Waals surface area contributed by atoms with Gasteiger partial charge < -0.3 is 14.8 Å². The van der Waals surface area contributed by atoms with Crippen LogP contribution < -0.4 is 14.8 Å². The Morgan fingerprint density at radius 2 is 1.68 bits per heavy atom. The van der Waals surface area contributed by atoms with Crippen LogP contribution in [0.25, 0.3) is 11.1 Å². The van der Waals surface area contributed by atoms with Gasteiger partial charge >= 0.3 is 0 Å². The van der Waals surface area contributed by atoms with E-state index in [9.17, 15) is 23.3 Å². The number of carbonyl (C=O) groups excluding carboxylic acids is 1. The predicted octanol–water partition coefficient (Wildman–Crippen LogP) is 3.54. The van der Waals surface area contributed by atoms with Crippen LogP contribution in [-0.2, 0) is 14.8 Å². The van der Waals surface area contributed by atoms with Crippen LogP contribution >= 0.6 is 0 Å². The topological polar surface area (TPSA) is 128 Å². The molecule has 0 aliphatic carbocycles. The van der Waals surface area contributed by atoms with Crippen molar-refractivity contribution in [2.75, 3.05) is 33.1 Å². The summed E-state index contributed by atoms with van der Waals surface area (Å²) >= 11 is 0. The van der Waals surface area contributed by atoms with Crippen molar-refractivity contribution in [3.63, 3.8) is 0 Å². The summed E-state index contributed by atoms with van der Waals surface area (Å²) < 4.78 is 36.2. The van der Waals surface area contributed by atoms with E-state index in [4.69, 9.17) is 9.47 Å². The minimum Gasteiger partial charge on any atom is -0.497 e. The fraction of sp³-hybridized carbons (Fsp3) is 0.174. The number of methoxy groups -OCH3 is 1. The largest absolute Gasteiger partial charge is 0.497 e. The lowest BCUT2D eigenvalue weighted by Crippen LogP contribution is -2.22. The number of hydrogen-bond acceptors (Lipinski definition) is 7. The highest BCUT2D eigenvalue weighted by Crippen LogP contribution is 2.34. The maximum Gasteiger partial charge on any atom is 0.270 e. The maximum atomic E-state index is 12.4. The number of ether oxygens (including phenoxy) is 2. The second-order valence-corrected chi connectivity index (χ2v) is 9.47. The first kappa shape index (κ1) is 24.7. The minimum atomic E-state index is -3.57. The van der Waals surface area contributed by atoms with Gasteiger partial charge in [0.15, 0.2) is 6.61 Å². The Bertz CT molecular complexity index is 1290. The molecule has 1 N–H and O–H groups in total. The van der Waals surface area contributed by atoms with E-state index in [1.807, 2.05) is 0 Å². The van der Waals surface area contributed by atoms with Gasteiger partial charge in [-0.05, 0) is 48.0 Å². The van der Waals surface area contributed by atoms with Crippen molar-refractivity contribution in [1.29, 1.82) is 0 Å². The first-order chi connectivity index (χ1) is 16.1. The molecule has 0 spiro atoms. The molecular weight excluding hydrogens is 462 g/mol. The highest BCUT2D eigenvalue weighted by atomic mass is 32.2. The average molecular weight is 486 g/mol. The summed E-state index contributed by atoms with van der Waals surface area (Å²) in [6, 6.07) is 16.7. The molecule has 0 saturated carbocycles. The molecule has 0 saturated heterocycles. The molecule has 0 radical (unpaired) electrons. The molecule has 178 valence electrons. The fourth-order valence-corrected chi connectivity index (χ4v) is 3.92. The van der Waals surface area contributed by atoms with E-state index in [-0.39, 0.29) is 17.2 Å². The molecule has 3 aromatic carbocycles. The van der Waals surface area contributed by atoms with E-state index in [1.54, 1.807) is 24.3 Å². The summed E-state index contributed by atoms with van der Waals surface area (Å²) in [6.07, 6.45) is 0. The summed E-state index contributed by atoms with van der Waals surface area (Å²) in [7, 11) is 0.821. The molecule has 3 aromatic rings. The quantitative estimate of drug-likeness (QED) is 0.363. The number of nitro groups is 1. The summed E-state index contributed by atoms with van der Waals surface area (Å²) in [5.41, 5.74) is 1.38. The fourth-order valence-electron chi connectivity index (χ4n) is 3.01. The molecule has 3 rings (SSSR count). The molecular formula is C23H23N3O7S. The van der Waals surface area contributed by atoms with Gasteiger partial charge in [0.1, 0.15) is 11.5 Å². The summed E-state index contributed by atoms with van der Waals surface area (Å²) in [5, 5.41) is 13.9. The smallest absolute Gasteiger partial charge is 0.270 e. The molecule has 0 atom stereocenters. The van der Waals surface area contributed by atoms with Gasteiger partial charge in [-0.25, -0.2) is 12.7 Å². The SMILES string of the molecule is COc1ccc(-c2cc([N+](=O)[O-])ccc2OCC(=O)Nc2ccc(S(=O)(=O)N(C)C)cc2)cc1. The van der Waals surface area contributed by atoms with E-state index >= 15 is 0 Å². The van der Waals surface area contributed by atoms with Crippen LogP contribution in [-0.4, -0.2) is 51.4 Å². The third-order valence-corrected chi connectivity index (χ3v) is 6.68. The molecule has 0 unspecified atom stereocenters. The number of non-ortho nitro benzene ring substituents is 1. The van der Waals surface area contributed by atoms with Gasteiger partial charge in [-0.3, -0.25) is 14.9 Å². The lowest BCUT2D eigenvalue weighted by atomic mass is 10.0. The normalized spacial score (nSPS) is 11.2.